The summed E-state index contributed by atoms with van der Waals surface area (Å²) >= 11 is 3.47. The van der Waals surface area contributed by atoms with E-state index in [1.807, 2.05) is 36.0 Å². The molecule has 0 aliphatic rings. The molecular weight excluding hydrogens is 292 g/mol. The average molecular weight is 307 g/mol. The van der Waals surface area contributed by atoms with Crippen LogP contribution in [0.5, 0.6) is 0 Å². The van der Waals surface area contributed by atoms with E-state index < -0.39 is 0 Å². The number of hydrogen-bond donors (Lipinski definition) is 0. The summed E-state index contributed by atoms with van der Waals surface area (Å²) in [6, 6.07) is 6.00. The lowest BCUT2D eigenvalue weighted by Crippen LogP contribution is -1.96. The molecule has 0 saturated heterocycles. The first kappa shape index (κ1) is 13.0. The molecule has 0 aliphatic carbocycles. The van der Waals surface area contributed by atoms with Crippen molar-refractivity contribution in [2.45, 2.75) is 26.8 Å². The summed E-state index contributed by atoms with van der Waals surface area (Å²) in [5.41, 5.74) is 3.52. The van der Waals surface area contributed by atoms with Crippen molar-refractivity contribution in [3.8, 4) is 11.3 Å². The van der Waals surface area contributed by atoms with Crippen molar-refractivity contribution in [3.05, 3.63) is 40.0 Å². The standard InChI is InChI=1S/C14H15BrN2O/c1-3-6-17-8-12(9-18)14(16-17)11-4-5-13(15)10(2)7-11/h4-5,7-9H,3,6H2,1-2H3. The van der Waals surface area contributed by atoms with Crippen LogP contribution in [0.3, 0.4) is 0 Å². The third-order valence-electron chi connectivity index (χ3n) is 2.80. The van der Waals surface area contributed by atoms with E-state index in [0.717, 1.165) is 40.5 Å². The smallest absolute Gasteiger partial charge is 0.153 e. The summed E-state index contributed by atoms with van der Waals surface area (Å²) in [6.07, 6.45) is 3.67. The van der Waals surface area contributed by atoms with Gasteiger partial charge in [0.1, 0.15) is 5.69 Å². The second kappa shape index (κ2) is 5.48. The molecule has 0 saturated carbocycles. The van der Waals surface area contributed by atoms with Crippen LogP contribution in [-0.4, -0.2) is 16.1 Å². The Morgan fingerprint density at radius 2 is 2.22 bits per heavy atom. The van der Waals surface area contributed by atoms with Crippen molar-refractivity contribution in [2.75, 3.05) is 0 Å². The highest BCUT2D eigenvalue weighted by molar-refractivity contribution is 9.10. The fourth-order valence-corrected chi connectivity index (χ4v) is 2.13. The van der Waals surface area contributed by atoms with Crippen molar-refractivity contribution in [1.29, 1.82) is 0 Å². The summed E-state index contributed by atoms with van der Waals surface area (Å²) in [5.74, 6) is 0. The molecule has 0 unspecified atom stereocenters. The normalized spacial score (nSPS) is 10.6. The van der Waals surface area contributed by atoms with Gasteiger partial charge in [-0.1, -0.05) is 28.9 Å². The summed E-state index contributed by atoms with van der Waals surface area (Å²) in [7, 11) is 0. The Hall–Kier alpha value is -1.42. The molecule has 0 aliphatic heterocycles. The molecule has 0 radical (unpaired) electrons. The van der Waals surface area contributed by atoms with Crippen LogP contribution < -0.4 is 0 Å². The predicted molar refractivity (Wildman–Crippen MR) is 75.8 cm³/mol. The van der Waals surface area contributed by atoms with Crippen LogP contribution in [0.1, 0.15) is 29.3 Å². The summed E-state index contributed by atoms with van der Waals surface area (Å²) < 4.78 is 2.89. The van der Waals surface area contributed by atoms with Crippen LogP contribution in [-0.2, 0) is 6.54 Å². The molecule has 1 aromatic carbocycles. The zero-order chi connectivity index (χ0) is 13.1. The molecule has 1 heterocycles. The van der Waals surface area contributed by atoms with Gasteiger partial charge in [-0.15, -0.1) is 0 Å². The number of rotatable bonds is 4. The van der Waals surface area contributed by atoms with E-state index in [1.54, 1.807) is 0 Å². The molecule has 1 aromatic heterocycles. The largest absolute Gasteiger partial charge is 0.298 e. The van der Waals surface area contributed by atoms with Crippen molar-refractivity contribution in [2.24, 2.45) is 0 Å². The Kier molecular flexibility index (Phi) is 3.97. The number of halogens is 1. The Morgan fingerprint density at radius 3 is 2.83 bits per heavy atom. The van der Waals surface area contributed by atoms with E-state index >= 15 is 0 Å². The van der Waals surface area contributed by atoms with Crippen LogP contribution in [0.25, 0.3) is 11.3 Å². The summed E-state index contributed by atoms with van der Waals surface area (Å²) in [4.78, 5) is 11.1. The number of carbonyl (C=O) groups is 1. The molecule has 0 bridgehead atoms. The molecule has 18 heavy (non-hydrogen) atoms. The van der Waals surface area contributed by atoms with E-state index in [-0.39, 0.29) is 0 Å². The van der Waals surface area contributed by atoms with Gasteiger partial charge in [-0.2, -0.15) is 5.10 Å². The van der Waals surface area contributed by atoms with Crippen molar-refractivity contribution in [1.82, 2.24) is 9.78 Å². The molecule has 0 N–H and O–H groups in total. The molecule has 0 amide bonds. The minimum atomic E-state index is 0.644. The first-order valence-corrected chi connectivity index (χ1v) is 6.74. The average Bonchev–Trinajstić information content (AvgIpc) is 2.76. The van der Waals surface area contributed by atoms with Crippen LogP contribution in [0, 0.1) is 6.92 Å². The molecule has 4 heteroatoms. The molecule has 0 atom stereocenters. The van der Waals surface area contributed by atoms with E-state index in [2.05, 4.69) is 28.0 Å². The summed E-state index contributed by atoms with van der Waals surface area (Å²) in [5, 5.41) is 4.48. The first-order valence-electron chi connectivity index (χ1n) is 5.95. The number of benzene rings is 1. The van der Waals surface area contributed by atoms with Gasteiger partial charge in [-0.3, -0.25) is 9.48 Å². The van der Waals surface area contributed by atoms with Crippen molar-refractivity contribution in [3.63, 3.8) is 0 Å². The quantitative estimate of drug-likeness (QED) is 0.804. The van der Waals surface area contributed by atoms with E-state index in [0.29, 0.717) is 5.56 Å². The fourth-order valence-electron chi connectivity index (χ4n) is 1.88. The predicted octanol–water partition coefficient (Wildman–Crippen LogP) is 3.84. The second-order valence-corrected chi connectivity index (χ2v) is 5.13. The van der Waals surface area contributed by atoms with Gasteiger partial charge in [0.2, 0.25) is 0 Å². The van der Waals surface area contributed by atoms with Gasteiger partial charge < -0.3 is 0 Å². The highest BCUT2D eigenvalue weighted by Gasteiger charge is 2.11. The van der Waals surface area contributed by atoms with Gasteiger partial charge in [0.25, 0.3) is 0 Å². The Bertz CT molecular complexity index is 575. The number of aryl methyl sites for hydroxylation is 2. The minimum absolute atomic E-state index is 0.644. The van der Waals surface area contributed by atoms with Gasteiger partial charge in [0, 0.05) is 22.8 Å². The Labute approximate surface area is 115 Å². The Balaban J connectivity index is 2.48. The van der Waals surface area contributed by atoms with Crippen LogP contribution in [0.2, 0.25) is 0 Å². The van der Waals surface area contributed by atoms with E-state index in [1.165, 1.54) is 0 Å². The summed E-state index contributed by atoms with van der Waals surface area (Å²) in [6.45, 7) is 4.94. The number of carbonyl (C=O) groups excluding carboxylic acids is 1. The van der Waals surface area contributed by atoms with Gasteiger partial charge in [-0.05, 0) is 31.0 Å². The lowest BCUT2D eigenvalue weighted by Gasteiger charge is -2.02. The zero-order valence-electron chi connectivity index (χ0n) is 10.5. The molecule has 2 rings (SSSR count). The highest BCUT2D eigenvalue weighted by atomic mass is 79.9. The van der Waals surface area contributed by atoms with Crippen molar-refractivity contribution >= 4 is 22.2 Å². The molecule has 3 nitrogen and oxygen atoms in total. The van der Waals surface area contributed by atoms with Gasteiger partial charge >= 0.3 is 0 Å². The monoisotopic (exact) mass is 306 g/mol. The maximum Gasteiger partial charge on any atom is 0.153 e. The third-order valence-corrected chi connectivity index (χ3v) is 3.69. The molecule has 94 valence electrons. The number of aldehydes is 1. The first-order chi connectivity index (χ1) is 8.65. The van der Waals surface area contributed by atoms with Crippen LogP contribution in [0.15, 0.2) is 28.9 Å². The van der Waals surface area contributed by atoms with Crippen LogP contribution in [0.4, 0.5) is 0 Å². The maximum absolute atomic E-state index is 11.1. The fraction of sp³-hybridized carbons (Fsp3) is 0.286. The van der Waals surface area contributed by atoms with Crippen LogP contribution >= 0.6 is 15.9 Å². The van der Waals surface area contributed by atoms with Gasteiger partial charge in [0.15, 0.2) is 6.29 Å². The lowest BCUT2D eigenvalue weighted by atomic mass is 10.1. The van der Waals surface area contributed by atoms with E-state index in [4.69, 9.17) is 0 Å². The molecular formula is C14H15BrN2O. The SMILES string of the molecule is CCCn1cc(C=O)c(-c2ccc(Br)c(C)c2)n1. The zero-order valence-corrected chi connectivity index (χ0v) is 12.1. The van der Waals surface area contributed by atoms with Gasteiger partial charge in [0.05, 0.1) is 5.56 Å². The van der Waals surface area contributed by atoms with Gasteiger partial charge in [-0.25, -0.2) is 0 Å². The number of hydrogen-bond acceptors (Lipinski definition) is 2. The maximum atomic E-state index is 11.1. The number of aromatic nitrogens is 2. The minimum Gasteiger partial charge on any atom is -0.298 e. The van der Waals surface area contributed by atoms with E-state index in [9.17, 15) is 4.79 Å². The Morgan fingerprint density at radius 1 is 1.44 bits per heavy atom. The third kappa shape index (κ3) is 2.53. The molecule has 2 aromatic rings. The molecule has 0 fully saturated rings. The highest BCUT2D eigenvalue weighted by Crippen LogP contribution is 2.26. The lowest BCUT2D eigenvalue weighted by molar-refractivity contribution is 0.112. The molecule has 0 spiro atoms. The van der Waals surface area contributed by atoms with Crippen molar-refractivity contribution < 1.29 is 4.79 Å². The second-order valence-electron chi connectivity index (χ2n) is 4.28. The number of nitrogens with zero attached hydrogens (tertiary/aromatic N) is 2. The topological polar surface area (TPSA) is 34.9 Å².